The fourth-order valence-corrected chi connectivity index (χ4v) is 1.64. The molecule has 0 fully saturated rings. The smallest absolute Gasteiger partial charge is 0.363 e. The summed E-state index contributed by atoms with van der Waals surface area (Å²) in [6.45, 7) is 1.68. The van der Waals surface area contributed by atoms with Crippen molar-refractivity contribution >= 4 is 5.82 Å². The van der Waals surface area contributed by atoms with E-state index in [2.05, 4.69) is 4.98 Å². The molecular weight excluding hydrogens is 220 g/mol. The molecule has 0 spiro atoms. The third-order valence-electron chi connectivity index (χ3n) is 2.45. The van der Waals surface area contributed by atoms with E-state index in [9.17, 15) is 15.2 Å². The van der Waals surface area contributed by atoms with Gasteiger partial charge in [0.2, 0.25) is 0 Å². The first kappa shape index (κ1) is 11.1. The molecule has 0 atom stereocenters. The van der Waals surface area contributed by atoms with Gasteiger partial charge < -0.3 is 15.2 Å². The van der Waals surface area contributed by atoms with Crippen molar-refractivity contribution < 1.29 is 10.0 Å². The number of aryl methyl sites for hydroxylation is 1. The summed E-state index contributed by atoms with van der Waals surface area (Å²) in [4.78, 5) is 13.9. The lowest BCUT2D eigenvalue weighted by Gasteiger charge is -2.04. The number of aromatic nitrogens is 1. The van der Waals surface area contributed by atoms with E-state index >= 15 is 0 Å². The second kappa shape index (κ2) is 4.21. The van der Waals surface area contributed by atoms with Crippen LogP contribution < -0.4 is 0 Å². The summed E-state index contributed by atoms with van der Waals surface area (Å²) in [5.74, 6) is -0.0621. The number of phenols is 1. The highest BCUT2D eigenvalue weighted by atomic mass is 16.6. The average Bonchev–Trinajstić information content (AvgIpc) is 2.30. The van der Waals surface area contributed by atoms with Crippen LogP contribution in [0.3, 0.4) is 0 Å². The number of pyridine rings is 1. The number of phenolic OH excluding ortho intramolecular Hbond substituents is 1. The number of hydrogen-bond acceptors (Lipinski definition) is 4. The van der Waals surface area contributed by atoms with Crippen LogP contribution in [0.15, 0.2) is 36.4 Å². The number of para-hydroxylation sites is 1. The maximum Gasteiger partial charge on any atom is 0.363 e. The van der Waals surface area contributed by atoms with Crippen molar-refractivity contribution in [3.63, 3.8) is 0 Å². The third-order valence-corrected chi connectivity index (χ3v) is 2.45. The molecule has 0 aliphatic carbocycles. The summed E-state index contributed by atoms with van der Waals surface area (Å²) < 4.78 is 0. The Morgan fingerprint density at radius 3 is 2.47 bits per heavy atom. The van der Waals surface area contributed by atoms with Gasteiger partial charge in [-0.25, -0.2) is 0 Å². The SMILES string of the molecule is Cc1nc([N+](=O)[O-])ccc1-c1ccccc1O. The number of nitro groups is 1. The molecule has 0 amide bonds. The second-order valence-corrected chi connectivity index (χ2v) is 3.58. The van der Waals surface area contributed by atoms with E-state index in [0.717, 1.165) is 0 Å². The molecule has 1 heterocycles. The van der Waals surface area contributed by atoms with Gasteiger partial charge in [0.15, 0.2) is 5.69 Å². The van der Waals surface area contributed by atoms with Crippen LogP contribution in [0.2, 0.25) is 0 Å². The van der Waals surface area contributed by atoms with Crippen molar-refractivity contribution in [2.24, 2.45) is 0 Å². The standard InChI is InChI=1S/C12H10N2O3/c1-8-9(6-7-12(13-8)14(16)17)10-4-2-3-5-11(10)15/h2-7,15H,1H3. The van der Waals surface area contributed by atoms with Gasteiger partial charge in [-0.1, -0.05) is 18.2 Å². The molecule has 1 aromatic carbocycles. The van der Waals surface area contributed by atoms with Gasteiger partial charge in [0.1, 0.15) is 5.75 Å². The number of hydrogen-bond donors (Lipinski definition) is 1. The highest BCUT2D eigenvalue weighted by molar-refractivity contribution is 5.72. The van der Waals surface area contributed by atoms with Gasteiger partial charge in [-0.3, -0.25) is 0 Å². The Morgan fingerprint density at radius 1 is 1.18 bits per heavy atom. The topological polar surface area (TPSA) is 76.3 Å². The summed E-state index contributed by atoms with van der Waals surface area (Å²) in [6.07, 6.45) is 0. The number of nitrogens with zero attached hydrogens (tertiary/aromatic N) is 2. The monoisotopic (exact) mass is 230 g/mol. The molecule has 0 radical (unpaired) electrons. The Balaban J connectivity index is 2.55. The molecule has 0 unspecified atom stereocenters. The van der Waals surface area contributed by atoms with E-state index in [1.165, 1.54) is 6.07 Å². The minimum atomic E-state index is -0.540. The van der Waals surface area contributed by atoms with E-state index in [4.69, 9.17) is 0 Å². The predicted molar refractivity (Wildman–Crippen MR) is 62.7 cm³/mol. The fraction of sp³-hybridized carbons (Fsp3) is 0.0833. The maximum absolute atomic E-state index is 10.6. The van der Waals surface area contributed by atoms with Crippen molar-refractivity contribution in [1.29, 1.82) is 0 Å². The number of rotatable bonds is 2. The van der Waals surface area contributed by atoms with Crippen molar-refractivity contribution in [3.8, 4) is 16.9 Å². The molecule has 0 aliphatic rings. The second-order valence-electron chi connectivity index (χ2n) is 3.58. The minimum absolute atomic E-state index is 0.131. The molecule has 17 heavy (non-hydrogen) atoms. The lowest BCUT2D eigenvalue weighted by Crippen LogP contribution is -1.95. The summed E-state index contributed by atoms with van der Waals surface area (Å²) >= 11 is 0. The van der Waals surface area contributed by atoms with Gasteiger partial charge in [0, 0.05) is 24.1 Å². The Morgan fingerprint density at radius 2 is 1.88 bits per heavy atom. The summed E-state index contributed by atoms with van der Waals surface area (Å²) in [5, 5.41) is 20.3. The first-order valence-electron chi connectivity index (χ1n) is 5.00. The zero-order valence-corrected chi connectivity index (χ0v) is 9.12. The molecule has 86 valence electrons. The summed E-state index contributed by atoms with van der Waals surface area (Å²) in [7, 11) is 0. The largest absolute Gasteiger partial charge is 0.507 e. The first-order valence-corrected chi connectivity index (χ1v) is 5.00. The molecule has 0 saturated heterocycles. The Labute approximate surface area is 97.5 Å². The van der Waals surface area contributed by atoms with Crippen LogP contribution in [0, 0.1) is 17.0 Å². The Bertz CT molecular complexity index is 582. The van der Waals surface area contributed by atoms with Crippen molar-refractivity contribution in [3.05, 3.63) is 52.2 Å². The molecule has 5 heteroatoms. The van der Waals surface area contributed by atoms with Crippen molar-refractivity contribution in [1.82, 2.24) is 4.98 Å². The fourth-order valence-electron chi connectivity index (χ4n) is 1.64. The van der Waals surface area contributed by atoms with Crippen LogP contribution in [0.4, 0.5) is 5.82 Å². The Hall–Kier alpha value is -2.43. The Kier molecular flexibility index (Phi) is 2.74. The van der Waals surface area contributed by atoms with E-state index in [1.54, 1.807) is 37.3 Å². The van der Waals surface area contributed by atoms with Crippen LogP contribution in [0.25, 0.3) is 11.1 Å². The third kappa shape index (κ3) is 2.08. The number of aromatic hydroxyl groups is 1. The molecule has 1 aromatic heterocycles. The van der Waals surface area contributed by atoms with Gasteiger partial charge >= 0.3 is 5.82 Å². The summed E-state index contributed by atoms with van der Waals surface area (Å²) in [6, 6.07) is 9.73. The maximum atomic E-state index is 10.6. The minimum Gasteiger partial charge on any atom is -0.507 e. The van der Waals surface area contributed by atoms with Gasteiger partial charge in [-0.2, -0.15) is 0 Å². The first-order chi connectivity index (χ1) is 8.09. The lowest BCUT2D eigenvalue weighted by molar-refractivity contribution is -0.389. The zero-order valence-electron chi connectivity index (χ0n) is 9.12. The molecule has 2 aromatic rings. The molecule has 2 rings (SSSR count). The van der Waals surface area contributed by atoms with E-state index in [1.807, 2.05) is 0 Å². The van der Waals surface area contributed by atoms with Crippen molar-refractivity contribution in [2.75, 3.05) is 0 Å². The molecular formula is C12H10N2O3. The van der Waals surface area contributed by atoms with Gasteiger partial charge in [0.25, 0.3) is 0 Å². The quantitative estimate of drug-likeness (QED) is 0.635. The van der Waals surface area contributed by atoms with Crippen LogP contribution >= 0.6 is 0 Å². The van der Waals surface area contributed by atoms with Gasteiger partial charge in [-0.05, 0) is 22.0 Å². The van der Waals surface area contributed by atoms with E-state index in [0.29, 0.717) is 16.8 Å². The molecule has 0 saturated carbocycles. The average molecular weight is 230 g/mol. The molecule has 5 nitrogen and oxygen atoms in total. The highest BCUT2D eigenvalue weighted by Gasteiger charge is 2.14. The molecule has 1 N–H and O–H groups in total. The predicted octanol–water partition coefficient (Wildman–Crippen LogP) is 2.67. The van der Waals surface area contributed by atoms with Crippen LogP contribution in [0.5, 0.6) is 5.75 Å². The highest BCUT2D eigenvalue weighted by Crippen LogP contribution is 2.31. The van der Waals surface area contributed by atoms with Gasteiger partial charge in [0.05, 0.1) is 0 Å². The summed E-state index contributed by atoms with van der Waals surface area (Å²) in [5.41, 5.74) is 1.82. The number of benzene rings is 1. The molecule has 0 aliphatic heterocycles. The van der Waals surface area contributed by atoms with Gasteiger partial charge in [-0.15, -0.1) is 0 Å². The van der Waals surface area contributed by atoms with E-state index in [-0.39, 0.29) is 11.6 Å². The van der Waals surface area contributed by atoms with E-state index < -0.39 is 4.92 Å². The lowest BCUT2D eigenvalue weighted by atomic mass is 10.0. The normalized spacial score (nSPS) is 10.2. The zero-order chi connectivity index (χ0) is 12.4. The van der Waals surface area contributed by atoms with Crippen LogP contribution in [-0.4, -0.2) is 15.0 Å². The molecule has 0 bridgehead atoms. The van der Waals surface area contributed by atoms with Crippen LogP contribution in [0.1, 0.15) is 5.69 Å². The van der Waals surface area contributed by atoms with Crippen LogP contribution in [-0.2, 0) is 0 Å². The van der Waals surface area contributed by atoms with Crippen molar-refractivity contribution in [2.45, 2.75) is 6.92 Å².